The fraction of sp³-hybridized carbons (Fsp3) is 0.533. The first-order valence-corrected chi connectivity index (χ1v) is 6.28. The van der Waals surface area contributed by atoms with E-state index < -0.39 is 5.41 Å². The number of carbonyl (C=O) groups is 1. The molecule has 3 nitrogen and oxygen atoms in total. The number of esters is 1. The van der Waals surface area contributed by atoms with Gasteiger partial charge in [0.15, 0.2) is 0 Å². The van der Waals surface area contributed by atoms with Gasteiger partial charge in [0.2, 0.25) is 0 Å². The second kappa shape index (κ2) is 4.73. The summed E-state index contributed by atoms with van der Waals surface area (Å²) in [7, 11) is 1.43. The maximum Gasteiger partial charge on any atom is 0.321 e. The first kappa shape index (κ1) is 13.1. The van der Waals surface area contributed by atoms with Crippen LogP contribution in [0.4, 0.5) is 0 Å². The second-order valence-electron chi connectivity index (χ2n) is 5.30. The van der Waals surface area contributed by atoms with Crippen molar-refractivity contribution < 1.29 is 14.3 Å². The Balaban J connectivity index is 2.48. The predicted molar refractivity (Wildman–Crippen MR) is 69.8 cm³/mol. The lowest BCUT2D eigenvalue weighted by Crippen LogP contribution is -2.54. The van der Waals surface area contributed by atoms with E-state index in [0.717, 1.165) is 11.1 Å². The summed E-state index contributed by atoms with van der Waals surface area (Å²) in [5, 5.41) is 0. The minimum absolute atomic E-state index is 0.197. The first-order valence-electron chi connectivity index (χ1n) is 6.28. The van der Waals surface area contributed by atoms with Crippen molar-refractivity contribution in [3.63, 3.8) is 0 Å². The zero-order valence-corrected chi connectivity index (χ0v) is 11.4. The number of rotatable bonds is 3. The highest BCUT2D eigenvalue weighted by molar-refractivity contribution is 5.85. The maximum atomic E-state index is 12.0. The van der Waals surface area contributed by atoms with Gasteiger partial charge in [-0.1, -0.05) is 32.0 Å². The molecular formula is C15H20O3. The summed E-state index contributed by atoms with van der Waals surface area (Å²) < 4.78 is 10.2. The molecule has 0 aliphatic carbocycles. The van der Waals surface area contributed by atoms with Crippen LogP contribution in [0.2, 0.25) is 0 Å². The molecular weight excluding hydrogens is 228 g/mol. The molecule has 1 saturated heterocycles. The quantitative estimate of drug-likeness (QED) is 0.771. The van der Waals surface area contributed by atoms with E-state index in [-0.39, 0.29) is 5.97 Å². The Morgan fingerprint density at radius 1 is 1.39 bits per heavy atom. The molecule has 98 valence electrons. The Kier molecular flexibility index (Phi) is 3.44. The first-order chi connectivity index (χ1) is 8.51. The fourth-order valence-electron chi connectivity index (χ4n) is 2.40. The van der Waals surface area contributed by atoms with Crippen molar-refractivity contribution in [2.75, 3.05) is 20.3 Å². The van der Waals surface area contributed by atoms with Crippen LogP contribution in [-0.4, -0.2) is 26.3 Å². The van der Waals surface area contributed by atoms with E-state index >= 15 is 0 Å². The van der Waals surface area contributed by atoms with Crippen LogP contribution in [0, 0.1) is 6.92 Å². The molecule has 1 fully saturated rings. The van der Waals surface area contributed by atoms with Crippen molar-refractivity contribution in [1.29, 1.82) is 0 Å². The maximum absolute atomic E-state index is 12.0. The smallest absolute Gasteiger partial charge is 0.321 e. The molecule has 0 atom stereocenters. The van der Waals surface area contributed by atoms with Gasteiger partial charge < -0.3 is 9.47 Å². The van der Waals surface area contributed by atoms with Crippen LogP contribution in [0.15, 0.2) is 18.2 Å². The minimum Gasteiger partial charge on any atom is -0.468 e. The Hall–Kier alpha value is -1.35. The van der Waals surface area contributed by atoms with E-state index in [0.29, 0.717) is 19.1 Å². The lowest BCUT2D eigenvalue weighted by atomic mass is 9.75. The van der Waals surface area contributed by atoms with Crippen LogP contribution in [-0.2, 0) is 19.7 Å². The Morgan fingerprint density at radius 3 is 2.50 bits per heavy atom. The number of hydrogen-bond acceptors (Lipinski definition) is 3. The van der Waals surface area contributed by atoms with Gasteiger partial charge in [-0.2, -0.15) is 0 Å². The second-order valence-corrected chi connectivity index (χ2v) is 5.30. The Morgan fingerprint density at radius 2 is 2.06 bits per heavy atom. The zero-order valence-electron chi connectivity index (χ0n) is 11.4. The van der Waals surface area contributed by atoms with Gasteiger partial charge in [0.25, 0.3) is 0 Å². The Bertz CT molecular complexity index is 459. The Labute approximate surface area is 108 Å². The third-order valence-corrected chi connectivity index (χ3v) is 3.72. The third kappa shape index (κ3) is 1.93. The van der Waals surface area contributed by atoms with E-state index in [1.54, 1.807) is 0 Å². The number of hydrogen-bond donors (Lipinski definition) is 0. The summed E-state index contributed by atoms with van der Waals surface area (Å²) in [6.45, 7) is 7.17. The topological polar surface area (TPSA) is 35.5 Å². The molecule has 1 heterocycles. The lowest BCUT2D eigenvalue weighted by molar-refractivity contribution is -0.166. The normalized spacial score (nSPS) is 17.4. The monoisotopic (exact) mass is 248 g/mol. The molecule has 0 bridgehead atoms. The number of methoxy groups -OCH3 is 1. The van der Waals surface area contributed by atoms with Crippen LogP contribution in [0.25, 0.3) is 0 Å². The van der Waals surface area contributed by atoms with Crippen LogP contribution in [0.3, 0.4) is 0 Å². The summed E-state index contributed by atoms with van der Waals surface area (Å²) >= 11 is 0. The fourth-order valence-corrected chi connectivity index (χ4v) is 2.40. The number of benzene rings is 1. The van der Waals surface area contributed by atoms with Gasteiger partial charge in [0.1, 0.15) is 5.41 Å². The number of aryl methyl sites for hydroxylation is 1. The van der Waals surface area contributed by atoms with Crippen LogP contribution in [0.1, 0.15) is 36.5 Å². The molecule has 1 aromatic carbocycles. The van der Waals surface area contributed by atoms with Crippen molar-refractivity contribution in [3.8, 4) is 0 Å². The molecule has 0 N–H and O–H groups in total. The summed E-state index contributed by atoms with van der Waals surface area (Å²) in [5.74, 6) is 0.248. The van der Waals surface area contributed by atoms with Crippen LogP contribution < -0.4 is 0 Å². The van der Waals surface area contributed by atoms with Gasteiger partial charge in [-0.15, -0.1) is 0 Å². The number of ether oxygens (including phenoxy) is 2. The summed E-state index contributed by atoms with van der Waals surface area (Å²) in [6.07, 6.45) is 0. The van der Waals surface area contributed by atoms with Crippen molar-refractivity contribution in [2.45, 2.75) is 32.1 Å². The minimum atomic E-state index is -0.594. The SMILES string of the molecule is COC(=O)C1(c2cc(C(C)C)ccc2C)COC1. The highest BCUT2D eigenvalue weighted by Gasteiger charge is 2.49. The lowest BCUT2D eigenvalue weighted by Gasteiger charge is -2.40. The molecule has 0 spiro atoms. The molecule has 0 saturated carbocycles. The summed E-state index contributed by atoms with van der Waals surface area (Å²) in [5.41, 5.74) is 2.81. The molecule has 18 heavy (non-hydrogen) atoms. The summed E-state index contributed by atoms with van der Waals surface area (Å²) in [4.78, 5) is 12.0. The van der Waals surface area contributed by atoms with Gasteiger partial charge in [-0.3, -0.25) is 4.79 Å². The standard InChI is InChI=1S/C15H20O3/c1-10(2)12-6-5-11(3)13(7-12)15(8-18-9-15)14(16)17-4/h5-7,10H,8-9H2,1-4H3. The van der Waals surface area contributed by atoms with Crippen LogP contribution in [0.5, 0.6) is 0 Å². The van der Waals surface area contributed by atoms with Crippen LogP contribution >= 0.6 is 0 Å². The van der Waals surface area contributed by atoms with Crippen molar-refractivity contribution in [1.82, 2.24) is 0 Å². The van der Waals surface area contributed by atoms with Crippen molar-refractivity contribution in [2.24, 2.45) is 0 Å². The van der Waals surface area contributed by atoms with E-state index in [4.69, 9.17) is 9.47 Å². The van der Waals surface area contributed by atoms with Gasteiger partial charge >= 0.3 is 5.97 Å². The molecule has 0 aromatic heterocycles. The molecule has 1 aliphatic heterocycles. The average Bonchev–Trinajstić information content (AvgIpc) is 2.29. The molecule has 0 radical (unpaired) electrons. The number of carbonyl (C=O) groups excluding carboxylic acids is 1. The largest absolute Gasteiger partial charge is 0.468 e. The highest BCUT2D eigenvalue weighted by Crippen LogP contribution is 2.37. The zero-order chi connectivity index (χ0) is 13.3. The molecule has 1 aliphatic rings. The highest BCUT2D eigenvalue weighted by atomic mass is 16.5. The molecule has 1 aromatic rings. The van der Waals surface area contributed by atoms with E-state index in [2.05, 4.69) is 32.0 Å². The third-order valence-electron chi connectivity index (χ3n) is 3.72. The summed E-state index contributed by atoms with van der Waals surface area (Å²) in [6, 6.07) is 6.32. The van der Waals surface area contributed by atoms with E-state index in [9.17, 15) is 4.79 Å². The van der Waals surface area contributed by atoms with E-state index in [1.807, 2.05) is 6.92 Å². The molecule has 0 amide bonds. The van der Waals surface area contributed by atoms with Crippen molar-refractivity contribution in [3.05, 3.63) is 34.9 Å². The van der Waals surface area contributed by atoms with Gasteiger partial charge in [0.05, 0.1) is 20.3 Å². The van der Waals surface area contributed by atoms with Crippen molar-refractivity contribution >= 4 is 5.97 Å². The van der Waals surface area contributed by atoms with Gasteiger partial charge in [0, 0.05) is 0 Å². The molecule has 0 unspecified atom stereocenters. The van der Waals surface area contributed by atoms with Gasteiger partial charge in [-0.05, 0) is 29.5 Å². The molecule has 2 rings (SSSR count). The molecule has 3 heteroatoms. The van der Waals surface area contributed by atoms with Gasteiger partial charge in [-0.25, -0.2) is 0 Å². The van der Waals surface area contributed by atoms with E-state index in [1.165, 1.54) is 12.7 Å². The average molecular weight is 248 g/mol. The predicted octanol–water partition coefficient (Wildman–Crippen LogP) is 2.56.